The van der Waals surface area contributed by atoms with E-state index >= 15 is 0 Å². The quantitative estimate of drug-likeness (QED) is 0.530. The molecule has 0 aromatic rings. The number of hydrogen-bond donors (Lipinski definition) is 0. The molecular weight excluding hydrogens is 256 g/mol. The lowest BCUT2D eigenvalue weighted by Crippen LogP contribution is -2.47. The van der Waals surface area contributed by atoms with Crippen LogP contribution in [0.2, 0.25) is 0 Å². The number of carbonyl (C=O) groups excluding carboxylic acids is 1. The molecule has 0 aliphatic carbocycles. The highest BCUT2D eigenvalue weighted by Crippen LogP contribution is 2.36. The third kappa shape index (κ3) is 5.25. The first-order valence-corrected chi connectivity index (χ1v) is 7.34. The van der Waals surface area contributed by atoms with Gasteiger partial charge in [0.2, 0.25) is 0 Å². The van der Waals surface area contributed by atoms with Gasteiger partial charge in [0.15, 0.2) is 5.79 Å². The molecule has 20 heavy (non-hydrogen) atoms. The largest absolute Gasteiger partial charge is 0.469 e. The molecule has 1 rings (SSSR count). The van der Waals surface area contributed by atoms with Crippen LogP contribution in [0.15, 0.2) is 12.2 Å². The smallest absolute Gasteiger partial charge is 0.305 e. The highest BCUT2D eigenvalue weighted by atomic mass is 16.7. The minimum absolute atomic E-state index is 0.0243. The molecule has 0 saturated carbocycles. The molecule has 4 heteroatoms. The Kier molecular flexibility index (Phi) is 6.21. The van der Waals surface area contributed by atoms with Crippen molar-refractivity contribution >= 4 is 5.97 Å². The zero-order chi connectivity index (χ0) is 15.2. The molecule has 0 spiro atoms. The Labute approximate surface area is 122 Å². The number of allylic oxidation sites excluding steroid dienone is 1. The van der Waals surface area contributed by atoms with Crippen LogP contribution in [-0.2, 0) is 19.0 Å². The second-order valence-corrected chi connectivity index (χ2v) is 6.33. The summed E-state index contributed by atoms with van der Waals surface area (Å²) in [5.74, 6) is -0.891. The van der Waals surface area contributed by atoms with Gasteiger partial charge in [-0.05, 0) is 12.8 Å². The molecule has 1 fully saturated rings. The Morgan fingerprint density at radius 3 is 2.25 bits per heavy atom. The maximum Gasteiger partial charge on any atom is 0.305 e. The van der Waals surface area contributed by atoms with Gasteiger partial charge in [-0.3, -0.25) is 4.79 Å². The fraction of sp³-hybridized carbons (Fsp3) is 0.812. The van der Waals surface area contributed by atoms with Crippen molar-refractivity contribution in [3.05, 3.63) is 12.2 Å². The highest BCUT2D eigenvalue weighted by molar-refractivity contribution is 5.69. The molecule has 116 valence electrons. The zero-order valence-corrected chi connectivity index (χ0v) is 13.3. The van der Waals surface area contributed by atoms with E-state index in [1.165, 1.54) is 12.7 Å². The number of esters is 1. The van der Waals surface area contributed by atoms with E-state index in [1.807, 2.05) is 0 Å². The van der Waals surface area contributed by atoms with Crippen molar-refractivity contribution < 1.29 is 19.0 Å². The van der Waals surface area contributed by atoms with Crippen molar-refractivity contribution in [1.29, 1.82) is 0 Å². The first kappa shape index (κ1) is 17.2. The molecule has 1 saturated heterocycles. The number of rotatable bonds is 7. The van der Waals surface area contributed by atoms with Crippen molar-refractivity contribution in [2.45, 2.75) is 58.7 Å². The van der Waals surface area contributed by atoms with Crippen LogP contribution in [0.3, 0.4) is 0 Å². The summed E-state index contributed by atoms with van der Waals surface area (Å²) in [4.78, 5) is 11.4. The SMILES string of the molecule is C=C(CC)CCC1(CCC(=O)OC)OCC(C)(C)CO1. The Morgan fingerprint density at radius 2 is 1.75 bits per heavy atom. The fourth-order valence-electron chi connectivity index (χ4n) is 2.09. The van der Waals surface area contributed by atoms with E-state index in [0.717, 1.165) is 19.3 Å². The van der Waals surface area contributed by atoms with Crippen molar-refractivity contribution in [3.63, 3.8) is 0 Å². The maximum atomic E-state index is 11.4. The van der Waals surface area contributed by atoms with Gasteiger partial charge in [0.25, 0.3) is 0 Å². The van der Waals surface area contributed by atoms with Crippen LogP contribution in [0.25, 0.3) is 0 Å². The molecule has 4 nitrogen and oxygen atoms in total. The van der Waals surface area contributed by atoms with Crippen LogP contribution in [0.5, 0.6) is 0 Å². The molecule has 0 atom stereocenters. The third-order valence-electron chi connectivity index (χ3n) is 3.75. The van der Waals surface area contributed by atoms with E-state index in [4.69, 9.17) is 14.2 Å². The number of hydrogen-bond acceptors (Lipinski definition) is 4. The predicted octanol–water partition coefficient (Wildman–Crippen LogP) is 3.46. The van der Waals surface area contributed by atoms with E-state index < -0.39 is 5.79 Å². The summed E-state index contributed by atoms with van der Waals surface area (Å²) in [6, 6.07) is 0. The summed E-state index contributed by atoms with van der Waals surface area (Å²) in [5.41, 5.74) is 1.20. The Morgan fingerprint density at radius 1 is 1.20 bits per heavy atom. The third-order valence-corrected chi connectivity index (χ3v) is 3.75. The minimum Gasteiger partial charge on any atom is -0.469 e. The van der Waals surface area contributed by atoms with Crippen LogP contribution in [-0.4, -0.2) is 32.1 Å². The lowest BCUT2D eigenvalue weighted by molar-refractivity contribution is -0.304. The Hall–Kier alpha value is -0.870. The zero-order valence-electron chi connectivity index (χ0n) is 13.3. The summed E-state index contributed by atoms with van der Waals surface area (Å²) in [5, 5.41) is 0. The van der Waals surface area contributed by atoms with Gasteiger partial charge in [0.1, 0.15) is 0 Å². The predicted molar refractivity (Wildman–Crippen MR) is 78.3 cm³/mol. The molecule has 1 aliphatic heterocycles. The van der Waals surface area contributed by atoms with Gasteiger partial charge in [-0.25, -0.2) is 0 Å². The molecule has 0 unspecified atom stereocenters. The molecule has 0 radical (unpaired) electrons. The number of methoxy groups -OCH3 is 1. The van der Waals surface area contributed by atoms with Gasteiger partial charge in [-0.15, -0.1) is 0 Å². The maximum absolute atomic E-state index is 11.4. The van der Waals surface area contributed by atoms with Crippen LogP contribution in [0, 0.1) is 5.41 Å². The summed E-state index contributed by atoms with van der Waals surface area (Å²) in [6.07, 6.45) is 3.41. The second-order valence-electron chi connectivity index (χ2n) is 6.33. The fourth-order valence-corrected chi connectivity index (χ4v) is 2.09. The van der Waals surface area contributed by atoms with E-state index in [9.17, 15) is 4.79 Å². The molecule has 0 bridgehead atoms. The summed E-state index contributed by atoms with van der Waals surface area (Å²) in [6.45, 7) is 11.6. The van der Waals surface area contributed by atoms with E-state index in [-0.39, 0.29) is 11.4 Å². The average Bonchev–Trinajstić information content (AvgIpc) is 2.44. The van der Waals surface area contributed by atoms with E-state index in [2.05, 4.69) is 27.4 Å². The molecule has 0 amide bonds. The summed E-state index contributed by atoms with van der Waals surface area (Å²) in [7, 11) is 1.40. The number of carbonyl (C=O) groups is 1. The lowest BCUT2D eigenvalue weighted by Gasteiger charge is -2.43. The molecule has 1 aliphatic rings. The van der Waals surface area contributed by atoms with Crippen molar-refractivity contribution in [2.75, 3.05) is 20.3 Å². The van der Waals surface area contributed by atoms with Crippen molar-refractivity contribution in [1.82, 2.24) is 0 Å². The topological polar surface area (TPSA) is 44.8 Å². The van der Waals surface area contributed by atoms with Crippen LogP contribution in [0.1, 0.15) is 52.9 Å². The van der Waals surface area contributed by atoms with Gasteiger partial charge in [0.05, 0.1) is 26.7 Å². The van der Waals surface area contributed by atoms with Gasteiger partial charge >= 0.3 is 5.97 Å². The molecule has 0 N–H and O–H groups in total. The molecule has 0 aromatic carbocycles. The number of ether oxygens (including phenoxy) is 3. The van der Waals surface area contributed by atoms with Gasteiger partial charge < -0.3 is 14.2 Å². The second kappa shape index (κ2) is 7.23. The molecule has 1 heterocycles. The first-order chi connectivity index (χ1) is 9.32. The highest BCUT2D eigenvalue weighted by Gasteiger charge is 2.40. The van der Waals surface area contributed by atoms with Gasteiger partial charge in [0, 0.05) is 18.3 Å². The Bertz CT molecular complexity index is 314. The van der Waals surface area contributed by atoms with E-state index in [1.54, 1.807) is 0 Å². The standard InChI is InChI=1S/C16H28O4/c1-6-13(2)7-9-16(10-8-14(17)18-5)19-11-15(3,4)12-20-16/h2,6-12H2,1,3-5H3. The average molecular weight is 284 g/mol. The molecule has 0 aromatic heterocycles. The van der Waals surface area contributed by atoms with E-state index in [0.29, 0.717) is 26.1 Å². The monoisotopic (exact) mass is 284 g/mol. The Balaban J connectivity index is 2.63. The summed E-state index contributed by atoms with van der Waals surface area (Å²) >= 11 is 0. The minimum atomic E-state index is -0.665. The van der Waals surface area contributed by atoms with Gasteiger partial charge in [-0.2, -0.15) is 0 Å². The summed E-state index contributed by atoms with van der Waals surface area (Å²) < 4.78 is 16.7. The first-order valence-electron chi connectivity index (χ1n) is 7.34. The van der Waals surface area contributed by atoms with Crippen LogP contribution >= 0.6 is 0 Å². The lowest BCUT2D eigenvalue weighted by atomic mass is 9.92. The van der Waals surface area contributed by atoms with Crippen molar-refractivity contribution in [2.24, 2.45) is 5.41 Å². The molecular formula is C16H28O4. The van der Waals surface area contributed by atoms with Gasteiger partial charge in [-0.1, -0.05) is 32.9 Å². The van der Waals surface area contributed by atoms with Crippen LogP contribution < -0.4 is 0 Å². The normalized spacial score (nSPS) is 20.4. The van der Waals surface area contributed by atoms with Crippen molar-refractivity contribution in [3.8, 4) is 0 Å². The van der Waals surface area contributed by atoms with Crippen LogP contribution in [0.4, 0.5) is 0 Å².